The maximum Gasteiger partial charge on any atom is 0.339 e. The fraction of sp³-hybridized carbons (Fsp3) is 0.154. The van der Waals surface area contributed by atoms with Crippen molar-refractivity contribution < 1.29 is 14.8 Å². The molecular weight excluding hydrogens is 262 g/mol. The predicted octanol–water partition coefficient (Wildman–Crippen LogP) is 2.37. The second kappa shape index (κ2) is 5.04. The molecule has 0 bridgehead atoms. The highest BCUT2D eigenvalue weighted by Crippen LogP contribution is 2.25. The zero-order valence-electron chi connectivity index (χ0n) is 10.8. The van der Waals surface area contributed by atoms with Gasteiger partial charge in [0.25, 0.3) is 5.69 Å². The van der Waals surface area contributed by atoms with Gasteiger partial charge >= 0.3 is 5.97 Å². The van der Waals surface area contributed by atoms with Gasteiger partial charge in [0.15, 0.2) is 5.82 Å². The molecule has 0 aliphatic rings. The van der Waals surface area contributed by atoms with Gasteiger partial charge in [0.1, 0.15) is 0 Å². The third-order valence-corrected chi connectivity index (χ3v) is 2.88. The first-order valence-electron chi connectivity index (χ1n) is 5.72. The summed E-state index contributed by atoms with van der Waals surface area (Å²) in [4.78, 5) is 29.3. The lowest BCUT2D eigenvalue weighted by molar-refractivity contribution is -0.384. The van der Waals surface area contributed by atoms with Gasteiger partial charge in [-0.15, -0.1) is 0 Å². The van der Waals surface area contributed by atoms with Gasteiger partial charge in [0, 0.05) is 23.9 Å². The number of hydrogen-bond donors (Lipinski definition) is 1. The van der Waals surface area contributed by atoms with Crippen molar-refractivity contribution in [2.45, 2.75) is 13.8 Å². The first-order chi connectivity index (χ1) is 9.40. The lowest BCUT2D eigenvalue weighted by Crippen LogP contribution is -2.05. The molecule has 0 amide bonds. The summed E-state index contributed by atoms with van der Waals surface area (Å²) in [6, 6.07) is 4.39. The van der Waals surface area contributed by atoms with Crippen molar-refractivity contribution in [3.05, 3.63) is 51.3 Å². The molecule has 1 heterocycles. The molecule has 2 aromatic rings. The molecule has 0 spiro atoms. The molecule has 1 N–H and O–H groups in total. The van der Waals surface area contributed by atoms with E-state index < -0.39 is 10.9 Å². The van der Waals surface area contributed by atoms with Crippen molar-refractivity contribution in [3.8, 4) is 11.4 Å². The fourth-order valence-electron chi connectivity index (χ4n) is 1.77. The number of nitro benzene ring substituents is 1. The van der Waals surface area contributed by atoms with Crippen molar-refractivity contribution in [1.29, 1.82) is 0 Å². The Morgan fingerprint density at radius 2 is 2.05 bits per heavy atom. The Hall–Kier alpha value is -2.83. The largest absolute Gasteiger partial charge is 0.478 e. The molecule has 7 nitrogen and oxygen atoms in total. The summed E-state index contributed by atoms with van der Waals surface area (Å²) >= 11 is 0. The number of aryl methyl sites for hydroxylation is 2. The average Bonchev–Trinajstić information content (AvgIpc) is 2.38. The van der Waals surface area contributed by atoms with Crippen LogP contribution in [0.5, 0.6) is 0 Å². The molecule has 0 radical (unpaired) electrons. The third-order valence-electron chi connectivity index (χ3n) is 2.88. The molecule has 0 saturated carbocycles. The van der Waals surface area contributed by atoms with Crippen molar-refractivity contribution >= 4 is 11.7 Å². The highest BCUT2D eigenvalue weighted by Gasteiger charge is 2.15. The molecule has 0 unspecified atom stereocenters. The highest BCUT2D eigenvalue weighted by molar-refractivity contribution is 5.88. The topological polar surface area (TPSA) is 106 Å². The van der Waals surface area contributed by atoms with E-state index >= 15 is 0 Å². The van der Waals surface area contributed by atoms with E-state index in [1.807, 2.05) is 0 Å². The summed E-state index contributed by atoms with van der Waals surface area (Å²) in [7, 11) is 0. The van der Waals surface area contributed by atoms with Gasteiger partial charge in [-0.1, -0.05) is 6.07 Å². The number of benzene rings is 1. The highest BCUT2D eigenvalue weighted by atomic mass is 16.6. The Labute approximate surface area is 114 Å². The Balaban J connectivity index is 2.56. The van der Waals surface area contributed by atoms with E-state index in [0.717, 1.165) is 5.56 Å². The van der Waals surface area contributed by atoms with Gasteiger partial charge in [0.2, 0.25) is 0 Å². The zero-order chi connectivity index (χ0) is 14.9. The van der Waals surface area contributed by atoms with Crippen LogP contribution in [0.15, 0.2) is 24.4 Å². The Bertz CT molecular complexity index is 713. The van der Waals surface area contributed by atoms with E-state index in [4.69, 9.17) is 5.11 Å². The first kappa shape index (κ1) is 13.6. The molecule has 0 aliphatic carbocycles. The minimum Gasteiger partial charge on any atom is -0.478 e. The standard InChI is InChI=1S/C13H11N3O4/c1-7-3-4-9(16(19)20)5-10(7)12-14-6-11(13(17)18)8(2)15-12/h3-6H,1-2H3,(H,17,18). The molecule has 102 valence electrons. The number of aromatic nitrogens is 2. The molecule has 20 heavy (non-hydrogen) atoms. The van der Waals surface area contributed by atoms with E-state index in [0.29, 0.717) is 11.3 Å². The lowest BCUT2D eigenvalue weighted by Gasteiger charge is -2.06. The lowest BCUT2D eigenvalue weighted by atomic mass is 10.1. The normalized spacial score (nSPS) is 10.3. The number of carbonyl (C=O) groups is 1. The van der Waals surface area contributed by atoms with Crippen molar-refractivity contribution in [2.24, 2.45) is 0 Å². The van der Waals surface area contributed by atoms with Crippen molar-refractivity contribution in [3.63, 3.8) is 0 Å². The summed E-state index contributed by atoms with van der Waals surface area (Å²) < 4.78 is 0. The Morgan fingerprint density at radius 1 is 1.35 bits per heavy atom. The number of carboxylic acid groups (broad SMARTS) is 1. The van der Waals surface area contributed by atoms with Crippen LogP contribution in [-0.4, -0.2) is 26.0 Å². The van der Waals surface area contributed by atoms with Crippen LogP contribution >= 0.6 is 0 Å². The van der Waals surface area contributed by atoms with Gasteiger partial charge in [-0.3, -0.25) is 10.1 Å². The number of rotatable bonds is 3. The quantitative estimate of drug-likeness (QED) is 0.679. The zero-order valence-corrected chi connectivity index (χ0v) is 10.8. The monoisotopic (exact) mass is 273 g/mol. The molecule has 1 aromatic carbocycles. The summed E-state index contributed by atoms with van der Waals surface area (Å²) in [5, 5.41) is 19.7. The van der Waals surface area contributed by atoms with Gasteiger partial charge in [-0.25, -0.2) is 14.8 Å². The van der Waals surface area contributed by atoms with Crippen LogP contribution in [0, 0.1) is 24.0 Å². The number of aromatic carboxylic acids is 1. The summed E-state index contributed by atoms with van der Waals surface area (Å²) in [6.07, 6.45) is 1.21. The fourth-order valence-corrected chi connectivity index (χ4v) is 1.77. The average molecular weight is 273 g/mol. The van der Waals surface area contributed by atoms with Gasteiger partial charge < -0.3 is 5.11 Å². The van der Waals surface area contributed by atoms with E-state index in [1.165, 1.54) is 18.3 Å². The second-order valence-corrected chi connectivity index (χ2v) is 4.25. The van der Waals surface area contributed by atoms with E-state index in [-0.39, 0.29) is 17.1 Å². The number of carboxylic acids is 1. The molecule has 7 heteroatoms. The van der Waals surface area contributed by atoms with Crippen LogP contribution in [-0.2, 0) is 0 Å². The molecule has 0 saturated heterocycles. The van der Waals surface area contributed by atoms with Crippen molar-refractivity contribution in [2.75, 3.05) is 0 Å². The van der Waals surface area contributed by atoms with Crippen LogP contribution in [0.3, 0.4) is 0 Å². The molecule has 0 atom stereocenters. The smallest absolute Gasteiger partial charge is 0.339 e. The van der Waals surface area contributed by atoms with Crippen LogP contribution in [0.4, 0.5) is 5.69 Å². The minimum absolute atomic E-state index is 0.0110. The van der Waals surface area contributed by atoms with Crippen LogP contribution in [0.2, 0.25) is 0 Å². The molecule has 2 rings (SSSR count). The molecule has 1 aromatic heterocycles. The van der Waals surface area contributed by atoms with Crippen LogP contribution < -0.4 is 0 Å². The first-order valence-corrected chi connectivity index (χ1v) is 5.72. The number of nitro groups is 1. The number of hydrogen-bond acceptors (Lipinski definition) is 5. The van der Waals surface area contributed by atoms with Crippen LogP contribution in [0.1, 0.15) is 21.6 Å². The van der Waals surface area contributed by atoms with E-state index in [2.05, 4.69) is 9.97 Å². The minimum atomic E-state index is -1.11. The molecule has 0 fully saturated rings. The maximum atomic E-state index is 10.9. The maximum absolute atomic E-state index is 10.9. The number of nitrogens with zero attached hydrogens (tertiary/aromatic N) is 3. The van der Waals surface area contributed by atoms with Crippen molar-refractivity contribution in [1.82, 2.24) is 9.97 Å². The SMILES string of the molecule is Cc1ccc([N+](=O)[O-])cc1-c1ncc(C(=O)O)c(C)n1. The van der Waals surface area contributed by atoms with E-state index in [9.17, 15) is 14.9 Å². The predicted molar refractivity (Wildman–Crippen MR) is 70.6 cm³/mol. The Morgan fingerprint density at radius 3 is 2.60 bits per heavy atom. The van der Waals surface area contributed by atoms with Gasteiger partial charge in [-0.05, 0) is 19.4 Å². The van der Waals surface area contributed by atoms with E-state index in [1.54, 1.807) is 19.9 Å². The second-order valence-electron chi connectivity index (χ2n) is 4.25. The molecular formula is C13H11N3O4. The molecule has 0 aliphatic heterocycles. The summed E-state index contributed by atoms with van der Waals surface area (Å²) in [6.45, 7) is 3.34. The summed E-state index contributed by atoms with van der Waals surface area (Å²) in [5.41, 5.74) is 1.55. The van der Waals surface area contributed by atoms with Gasteiger partial charge in [-0.2, -0.15) is 0 Å². The Kier molecular flexibility index (Phi) is 3.43. The summed E-state index contributed by atoms with van der Waals surface area (Å²) in [5.74, 6) is -0.835. The van der Waals surface area contributed by atoms with Gasteiger partial charge in [0.05, 0.1) is 16.2 Å². The third kappa shape index (κ3) is 2.46. The van der Waals surface area contributed by atoms with Crippen LogP contribution in [0.25, 0.3) is 11.4 Å². The number of non-ortho nitro benzene ring substituents is 1.